The topological polar surface area (TPSA) is 72.0 Å². The highest BCUT2D eigenvalue weighted by atomic mass is 32.2. The highest BCUT2D eigenvalue weighted by molar-refractivity contribution is 7.98. The standard InChI is InChI=1S/C16H13N3O2S4/c1-22-11-4-3-5-12-14(11)18-16(23-12)19-15-17-10-7-6-9(25(2,20)21)8-13(10)24-15/h3-8H,1-2H3,(H,17,18,19). The Labute approximate surface area is 157 Å². The first-order valence-corrected chi connectivity index (χ1v) is 12.0. The van der Waals surface area contributed by atoms with Gasteiger partial charge in [0.25, 0.3) is 0 Å². The molecule has 0 atom stereocenters. The normalized spacial score (nSPS) is 12.1. The van der Waals surface area contributed by atoms with Gasteiger partial charge in [0.05, 0.1) is 25.3 Å². The lowest BCUT2D eigenvalue weighted by Gasteiger charge is -1.96. The summed E-state index contributed by atoms with van der Waals surface area (Å²) in [5.41, 5.74) is 1.76. The van der Waals surface area contributed by atoms with Gasteiger partial charge in [-0.1, -0.05) is 28.7 Å². The number of fused-ring (bicyclic) bond motifs is 2. The second kappa shape index (κ2) is 6.24. The van der Waals surface area contributed by atoms with Crippen LogP contribution >= 0.6 is 34.4 Å². The van der Waals surface area contributed by atoms with Crippen molar-refractivity contribution in [1.82, 2.24) is 9.97 Å². The van der Waals surface area contributed by atoms with E-state index in [-0.39, 0.29) is 0 Å². The van der Waals surface area contributed by atoms with Crippen molar-refractivity contribution in [2.24, 2.45) is 0 Å². The summed E-state index contributed by atoms with van der Waals surface area (Å²) in [5, 5.41) is 4.72. The maximum Gasteiger partial charge on any atom is 0.190 e. The van der Waals surface area contributed by atoms with Crippen molar-refractivity contribution >= 4 is 75.0 Å². The van der Waals surface area contributed by atoms with Crippen molar-refractivity contribution in [3.8, 4) is 0 Å². The number of hydrogen-bond donors (Lipinski definition) is 1. The molecule has 4 rings (SSSR count). The van der Waals surface area contributed by atoms with Crippen LogP contribution in [-0.2, 0) is 9.84 Å². The first kappa shape index (κ1) is 16.8. The molecule has 2 aromatic heterocycles. The Balaban J connectivity index is 1.71. The van der Waals surface area contributed by atoms with Crippen molar-refractivity contribution in [1.29, 1.82) is 0 Å². The van der Waals surface area contributed by atoms with E-state index in [0.29, 0.717) is 10.0 Å². The van der Waals surface area contributed by atoms with E-state index in [1.54, 1.807) is 41.3 Å². The zero-order valence-electron chi connectivity index (χ0n) is 13.3. The number of para-hydroxylation sites is 1. The molecule has 0 unspecified atom stereocenters. The Kier molecular flexibility index (Phi) is 4.19. The summed E-state index contributed by atoms with van der Waals surface area (Å²) in [6.45, 7) is 0. The molecule has 128 valence electrons. The summed E-state index contributed by atoms with van der Waals surface area (Å²) >= 11 is 4.66. The van der Waals surface area contributed by atoms with E-state index < -0.39 is 9.84 Å². The molecule has 5 nitrogen and oxygen atoms in total. The average molecular weight is 408 g/mol. The number of nitrogens with one attached hydrogen (secondary N) is 1. The SMILES string of the molecule is CSc1cccc2sc(Nc3nc4ccc(S(C)(=O)=O)cc4s3)nc12. The minimum atomic E-state index is -3.22. The number of thioether (sulfide) groups is 1. The molecule has 0 spiro atoms. The van der Waals surface area contributed by atoms with E-state index in [9.17, 15) is 8.42 Å². The lowest BCUT2D eigenvalue weighted by Crippen LogP contribution is -1.95. The lowest BCUT2D eigenvalue weighted by molar-refractivity contribution is 0.602. The van der Waals surface area contributed by atoms with Crippen molar-refractivity contribution in [2.75, 3.05) is 17.8 Å². The third-order valence-corrected chi connectivity index (χ3v) is 7.35. The molecule has 0 saturated heterocycles. The van der Waals surface area contributed by atoms with Crippen LogP contribution in [-0.4, -0.2) is 30.9 Å². The summed E-state index contributed by atoms with van der Waals surface area (Å²) in [6.07, 6.45) is 3.24. The van der Waals surface area contributed by atoms with Crippen LogP contribution in [0, 0.1) is 0 Å². The van der Waals surface area contributed by atoms with Gasteiger partial charge in [0, 0.05) is 11.2 Å². The highest BCUT2D eigenvalue weighted by Crippen LogP contribution is 2.35. The maximum atomic E-state index is 11.7. The van der Waals surface area contributed by atoms with Gasteiger partial charge in [-0.25, -0.2) is 18.4 Å². The molecule has 0 aliphatic carbocycles. The van der Waals surface area contributed by atoms with Crippen LogP contribution in [0.4, 0.5) is 10.3 Å². The van der Waals surface area contributed by atoms with Crippen LogP contribution < -0.4 is 5.32 Å². The zero-order valence-corrected chi connectivity index (χ0v) is 16.6. The van der Waals surface area contributed by atoms with Gasteiger partial charge in [0.1, 0.15) is 0 Å². The lowest BCUT2D eigenvalue weighted by atomic mass is 10.3. The van der Waals surface area contributed by atoms with Crippen LogP contribution in [0.1, 0.15) is 0 Å². The molecule has 4 aromatic rings. The Hall–Kier alpha value is -1.68. The predicted octanol–water partition coefficient (Wildman–Crippen LogP) is 4.78. The molecule has 0 saturated carbocycles. The van der Waals surface area contributed by atoms with Crippen LogP contribution in [0.2, 0.25) is 0 Å². The van der Waals surface area contributed by atoms with Crippen LogP contribution in [0.5, 0.6) is 0 Å². The van der Waals surface area contributed by atoms with Crippen LogP contribution in [0.3, 0.4) is 0 Å². The van der Waals surface area contributed by atoms with E-state index in [0.717, 1.165) is 30.5 Å². The minimum Gasteiger partial charge on any atom is -0.307 e. The molecule has 0 bridgehead atoms. The van der Waals surface area contributed by atoms with E-state index in [1.807, 2.05) is 12.3 Å². The average Bonchev–Trinajstić information content (AvgIpc) is 3.15. The van der Waals surface area contributed by atoms with Crippen molar-refractivity contribution in [3.63, 3.8) is 0 Å². The van der Waals surface area contributed by atoms with E-state index in [4.69, 9.17) is 0 Å². The number of rotatable bonds is 4. The Bertz CT molecular complexity index is 1190. The second-order valence-corrected chi connectivity index (χ2v) is 10.3. The first-order chi connectivity index (χ1) is 11.9. The summed E-state index contributed by atoms with van der Waals surface area (Å²) in [7, 11) is -3.22. The number of thiazole rings is 2. The summed E-state index contributed by atoms with van der Waals surface area (Å²) in [4.78, 5) is 10.6. The highest BCUT2D eigenvalue weighted by Gasteiger charge is 2.13. The number of hydrogen-bond acceptors (Lipinski definition) is 8. The van der Waals surface area contributed by atoms with E-state index in [2.05, 4.69) is 27.4 Å². The van der Waals surface area contributed by atoms with Crippen LogP contribution in [0.15, 0.2) is 46.2 Å². The molecule has 0 aliphatic heterocycles. The third kappa shape index (κ3) is 3.24. The Morgan fingerprint density at radius 2 is 1.80 bits per heavy atom. The molecule has 0 fully saturated rings. The zero-order chi connectivity index (χ0) is 17.6. The van der Waals surface area contributed by atoms with Crippen molar-refractivity contribution < 1.29 is 8.42 Å². The Morgan fingerprint density at radius 3 is 2.56 bits per heavy atom. The molecule has 25 heavy (non-hydrogen) atoms. The van der Waals surface area contributed by atoms with Crippen LogP contribution in [0.25, 0.3) is 20.4 Å². The molecule has 9 heteroatoms. The fraction of sp³-hybridized carbons (Fsp3) is 0.125. The molecule has 2 aromatic carbocycles. The Morgan fingerprint density at radius 1 is 1.04 bits per heavy atom. The smallest absolute Gasteiger partial charge is 0.190 e. The number of benzene rings is 2. The quantitative estimate of drug-likeness (QED) is 0.491. The molecule has 2 heterocycles. The van der Waals surface area contributed by atoms with Crippen molar-refractivity contribution in [2.45, 2.75) is 9.79 Å². The maximum absolute atomic E-state index is 11.7. The van der Waals surface area contributed by atoms with E-state index >= 15 is 0 Å². The number of nitrogens with zero attached hydrogens (tertiary/aromatic N) is 2. The predicted molar refractivity (Wildman–Crippen MR) is 107 cm³/mol. The van der Waals surface area contributed by atoms with Gasteiger partial charge in [0.15, 0.2) is 20.1 Å². The van der Waals surface area contributed by atoms with Gasteiger partial charge in [-0.3, -0.25) is 0 Å². The fourth-order valence-electron chi connectivity index (χ4n) is 2.42. The molecule has 0 amide bonds. The number of anilines is 2. The molecule has 0 aliphatic rings. The van der Waals surface area contributed by atoms with Gasteiger partial charge in [-0.05, 0) is 36.6 Å². The summed E-state index contributed by atoms with van der Waals surface area (Å²) in [6, 6.07) is 11.1. The fourth-order valence-corrected chi connectivity index (χ4v) is 5.63. The second-order valence-electron chi connectivity index (χ2n) is 5.37. The molecule has 1 N–H and O–H groups in total. The number of aromatic nitrogens is 2. The van der Waals surface area contributed by atoms with E-state index in [1.165, 1.54) is 17.6 Å². The molecule has 0 radical (unpaired) electrons. The number of sulfone groups is 1. The third-order valence-electron chi connectivity index (χ3n) is 3.60. The van der Waals surface area contributed by atoms with Gasteiger partial charge in [-0.2, -0.15) is 0 Å². The summed E-state index contributed by atoms with van der Waals surface area (Å²) in [5.74, 6) is 0. The minimum absolute atomic E-state index is 0.305. The monoisotopic (exact) mass is 407 g/mol. The van der Waals surface area contributed by atoms with Gasteiger partial charge < -0.3 is 5.32 Å². The van der Waals surface area contributed by atoms with Gasteiger partial charge >= 0.3 is 0 Å². The van der Waals surface area contributed by atoms with Gasteiger partial charge in [-0.15, -0.1) is 11.8 Å². The molecular weight excluding hydrogens is 394 g/mol. The largest absolute Gasteiger partial charge is 0.307 e. The summed E-state index contributed by atoms with van der Waals surface area (Å²) < 4.78 is 25.3. The molecular formula is C16H13N3O2S4. The first-order valence-electron chi connectivity index (χ1n) is 7.25. The van der Waals surface area contributed by atoms with Crippen molar-refractivity contribution in [3.05, 3.63) is 36.4 Å². The van der Waals surface area contributed by atoms with Gasteiger partial charge in [0.2, 0.25) is 0 Å².